The Kier molecular flexibility index (Phi) is 4.79. The maximum absolute atomic E-state index is 11.4. The summed E-state index contributed by atoms with van der Waals surface area (Å²) in [5.74, 6) is -2.72. The van der Waals surface area contributed by atoms with Crippen molar-refractivity contribution in [2.24, 2.45) is 5.92 Å². The number of nitrogens with one attached hydrogen (secondary N) is 2. The number of rotatable bonds is 5. The number of hydrogen-bond donors (Lipinski definition) is 3. The Bertz CT molecular complexity index is 250. The van der Waals surface area contributed by atoms with Gasteiger partial charge in [-0.1, -0.05) is 6.92 Å². The second-order valence-electron chi connectivity index (χ2n) is 3.05. The van der Waals surface area contributed by atoms with Gasteiger partial charge in [-0.25, -0.2) is 9.80 Å². The molecule has 0 radical (unpaired) electrons. The molecule has 0 rings (SSSR count). The molecule has 0 bridgehead atoms. The number of hydrogen-bond acceptors (Lipinski definition) is 4. The third-order valence-corrected chi connectivity index (χ3v) is 1.64. The zero-order valence-corrected chi connectivity index (χ0v) is 8.50. The van der Waals surface area contributed by atoms with E-state index in [2.05, 4.69) is 5.43 Å². The fourth-order valence-corrected chi connectivity index (χ4v) is 0.968. The van der Waals surface area contributed by atoms with Gasteiger partial charge in [0.25, 0.3) is 0 Å². The van der Waals surface area contributed by atoms with E-state index in [4.69, 9.17) is 10.5 Å². The quantitative estimate of drug-likeness (QED) is 0.421. The number of aliphatic carboxylic acids is 1. The summed E-state index contributed by atoms with van der Waals surface area (Å²) in [4.78, 5) is 21.8. The van der Waals surface area contributed by atoms with Crippen LogP contribution in [0.25, 0.3) is 0 Å². The van der Waals surface area contributed by atoms with E-state index < -0.39 is 23.5 Å². The monoisotopic (exact) mass is 201 g/mol. The minimum Gasteiger partial charge on any atom is -0.477 e. The minimum atomic E-state index is -1.36. The number of nitrogens with zero attached hydrogens (tertiary/aromatic N) is 1. The largest absolute Gasteiger partial charge is 0.477 e. The van der Waals surface area contributed by atoms with Crippen molar-refractivity contribution in [3.05, 3.63) is 0 Å². The SMILES string of the molecule is CC[C@H](C(=N)C(=O)O)C(=O)NN(C)C. The van der Waals surface area contributed by atoms with Crippen LogP contribution in [0.5, 0.6) is 0 Å². The van der Waals surface area contributed by atoms with Gasteiger partial charge in [0.05, 0.1) is 5.92 Å². The van der Waals surface area contributed by atoms with E-state index in [-0.39, 0.29) is 0 Å². The molecule has 0 aliphatic carbocycles. The summed E-state index contributed by atoms with van der Waals surface area (Å²) >= 11 is 0. The van der Waals surface area contributed by atoms with Crippen LogP contribution in [0.2, 0.25) is 0 Å². The van der Waals surface area contributed by atoms with Gasteiger partial charge in [-0.15, -0.1) is 0 Å². The van der Waals surface area contributed by atoms with Gasteiger partial charge < -0.3 is 5.11 Å². The number of carboxylic acids is 1. The van der Waals surface area contributed by atoms with Crippen molar-refractivity contribution >= 4 is 17.6 Å². The first-order valence-corrected chi connectivity index (χ1v) is 4.19. The second kappa shape index (κ2) is 5.33. The Labute approximate surface area is 82.4 Å². The molecule has 14 heavy (non-hydrogen) atoms. The summed E-state index contributed by atoms with van der Waals surface area (Å²) < 4.78 is 0. The van der Waals surface area contributed by atoms with E-state index >= 15 is 0 Å². The first-order valence-electron chi connectivity index (χ1n) is 4.19. The van der Waals surface area contributed by atoms with Crippen molar-refractivity contribution in [1.82, 2.24) is 10.4 Å². The van der Waals surface area contributed by atoms with Gasteiger partial charge in [0.15, 0.2) is 0 Å². The molecule has 0 aliphatic heterocycles. The molecule has 0 aromatic carbocycles. The molecule has 1 atom stereocenters. The molecule has 0 spiro atoms. The van der Waals surface area contributed by atoms with Gasteiger partial charge in [-0.05, 0) is 6.42 Å². The number of carbonyl (C=O) groups is 2. The summed E-state index contributed by atoms with van der Waals surface area (Å²) in [6.45, 7) is 1.66. The Morgan fingerprint density at radius 2 is 2.00 bits per heavy atom. The van der Waals surface area contributed by atoms with Gasteiger partial charge in [0.2, 0.25) is 5.91 Å². The molecule has 6 heteroatoms. The highest BCUT2D eigenvalue weighted by Crippen LogP contribution is 2.05. The van der Waals surface area contributed by atoms with Crippen LogP contribution in [0.3, 0.4) is 0 Å². The summed E-state index contributed by atoms with van der Waals surface area (Å²) in [5.41, 5.74) is 1.84. The van der Waals surface area contributed by atoms with Gasteiger partial charge in [-0.3, -0.25) is 15.6 Å². The summed E-state index contributed by atoms with van der Waals surface area (Å²) in [6, 6.07) is 0. The zero-order valence-electron chi connectivity index (χ0n) is 8.50. The molecule has 0 unspecified atom stereocenters. The van der Waals surface area contributed by atoms with Gasteiger partial charge in [0, 0.05) is 14.1 Å². The molecule has 3 N–H and O–H groups in total. The predicted molar refractivity (Wildman–Crippen MR) is 51.0 cm³/mol. The van der Waals surface area contributed by atoms with Crippen molar-refractivity contribution in [2.45, 2.75) is 13.3 Å². The fraction of sp³-hybridized carbons (Fsp3) is 0.625. The third-order valence-electron chi connectivity index (χ3n) is 1.64. The van der Waals surface area contributed by atoms with Crippen molar-refractivity contribution in [3.8, 4) is 0 Å². The van der Waals surface area contributed by atoms with Crippen LogP contribution in [0.15, 0.2) is 0 Å². The van der Waals surface area contributed by atoms with Crippen molar-refractivity contribution in [3.63, 3.8) is 0 Å². The number of hydrazine groups is 1. The second-order valence-corrected chi connectivity index (χ2v) is 3.05. The number of amides is 1. The Morgan fingerprint density at radius 1 is 1.50 bits per heavy atom. The number of carboxylic acid groups (broad SMARTS) is 1. The summed E-state index contributed by atoms with van der Waals surface area (Å²) in [7, 11) is 3.24. The molecular formula is C8H15N3O3. The third kappa shape index (κ3) is 3.53. The molecule has 0 heterocycles. The first kappa shape index (κ1) is 12.6. The Morgan fingerprint density at radius 3 is 2.29 bits per heavy atom. The average molecular weight is 201 g/mol. The molecule has 0 saturated heterocycles. The lowest BCUT2D eigenvalue weighted by Gasteiger charge is -2.17. The fourth-order valence-electron chi connectivity index (χ4n) is 0.968. The Hall–Kier alpha value is -1.43. The molecule has 0 aromatic heterocycles. The molecule has 0 fully saturated rings. The summed E-state index contributed by atoms with van der Waals surface area (Å²) in [6.07, 6.45) is 0.296. The Balaban J connectivity index is 4.48. The van der Waals surface area contributed by atoms with Crippen LogP contribution in [-0.4, -0.2) is 41.8 Å². The van der Waals surface area contributed by atoms with Crippen LogP contribution in [0.4, 0.5) is 0 Å². The lowest BCUT2D eigenvalue weighted by Crippen LogP contribution is -2.43. The topological polar surface area (TPSA) is 93.5 Å². The molecular weight excluding hydrogens is 186 g/mol. The normalized spacial score (nSPS) is 12.3. The van der Waals surface area contributed by atoms with E-state index in [1.807, 2.05) is 0 Å². The molecule has 0 saturated carbocycles. The molecule has 0 aliphatic rings. The smallest absolute Gasteiger partial charge is 0.350 e. The molecule has 80 valence electrons. The van der Waals surface area contributed by atoms with Gasteiger partial charge in [-0.2, -0.15) is 0 Å². The van der Waals surface area contributed by atoms with Gasteiger partial charge >= 0.3 is 5.97 Å². The highest BCUT2D eigenvalue weighted by Gasteiger charge is 2.26. The van der Waals surface area contributed by atoms with E-state index in [1.165, 1.54) is 5.01 Å². The van der Waals surface area contributed by atoms with Crippen molar-refractivity contribution in [1.29, 1.82) is 5.41 Å². The van der Waals surface area contributed by atoms with Crippen LogP contribution in [0, 0.1) is 11.3 Å². The highest BCUT2D eigenvalue weighted by molar-refractivity contribution is 6.38. The zero-order chi connectivity index (χ0) is 11.3. The van der Waals surface area contributed by atoms with Crippen LogP contribution >= 0.6 is 0 Å². The lowest BCUT2D eigenvalue weighted by atomic mass is 10.00. The summed E-state index contributed by atoms with van der Waals surface area (Å²) in [5, 5.41) is 17.2. The van der Waals surface area contributed by atoms with Crippen molar-refractivity contribution in [2.75, 3.05) is 14.1 Å². The predicted octanol–water partition coefficient (Wildman–Crippen LogP) is -0.290. The maximum atomic E-state index is 11.4. The minimum absolute atomic E-state index is 0.296. The highest BCUT2D eigenvalue weighted by atomic mass is 16.4. The van der Waals surface area contributed by atoms with E-state index in [1.54, 1.807) is 21.0 Å². The standard InChI is InChI=1S/C8H15N3O3/c1-4-5(6(9)8(13)14)7(12)10-11(2)3/h5,9H,4H2,1-3H3,(H,10,12)(H,13,14)/t5-/m1/s1. The average Bonchev–Trinajstić information content (AvgIpc) is 2.03. The van der Waals surface area contributed by atoms with Gasteiger partial charge in [0.1, 0.15) is 5.71 Å². The van der Waals surface area contributed by atoms with E-state index in [0.29, 0.717) is 6.42 Å². The lowest BCUT2D eigenvalue weighted by molar-refractivity contribution is -0.132. The molecule has 0 aromatic rings. The molecule has 1 amide bonds. The van der Waals surface area contributed by atoms with E-state index in [9.17, 15) is 9.59 Å². The first-order chi connectivity index (χ1) is 6.40. The van der Waals surface area contributed by atoms with Crippen LogP contribution in [-0.2, 0) is 9.59 Å². The van der Waals surface area contributed by atoms with E-state index in [0.717, 1.165) is 0 Å². The maximum Gasteiger partial charge on any atom is 0.350 e. The van der Waals surface area contributed by atoms with Crippen molar-refractivity contribution < 1.29 is 14.7 Å². The number of carbonyl (C=O) groups excluding carboxylic acids is 1. The molecule has 6 nitrogen and oxygen atoms in total. The van der Waals surface area contributed by atoms with Crippen LogP contribution < -0.4 is 5.43 Å². The van der Waals surface area contributed by atoms with Crippen LogP contribution in [0.1, 0.15) is 13.3 Å².